The SMILES string of the molecule is CC(Oc1ccc(O)cc1)C(=O)O.Oc1cccc(O)c1. The number of ether oxygens (including phenoxy) is 1. The molecule has 6 heteroatoms. The zero-order valence-corrected chi connectivity index (χ0v) is 11.3. The molecule has 112 valence electrons. The van der Waals surface area contributed by atoms with Crippen molar-refractivity contribution in [2.75, 3.05) is 0 Å². The molecular formula is C15H16O6. The smallest absolute Gasteiger partial charge is 0.344 e. The minimum absolute atomic E-state index is 0.0880. The molecule has 0 aromatic heterocycles. The lowest BCUT2D eigenvalue weighted by Crippen LogP contribution is -2.22. The summed E-state index contributed by atoms with van der Waals surface area (Å²) in [6.45, 7) is 1.44. The fourth-order valence-electron chi connectivity index (χ4n) is 1.27. The van der Waals surface area contributed by atoms with Crippen LogP contribution in [0.1, 0.15) is 6.92 Å². The van der Waals surface area contributed by atoms with Crippen molar-refractivity contribution in [3.8, 4) is 23.0 Å². The van der Waals surface area contributed by atoms with Gasteiger partial charge in [-0.25, -0.2) is 4.79 Å². The first-order chi connectivity index (χ1) is 9.88. The van der Waals surface area contributed by atoms with E-state index in [0.29, 0.717) is 5.75 Å². The molecule has 2 aromatic carbocycles. The van der Waals surface area contributed by atoms with Crippen molar-refractivity contribution in [2.45, 2.75) is 13.0 Å². The molecule has 0 radical (unpaired) electrons. The minimum atomic E-state index is -1.02. The second-order valence-electron chi connectivity index (χ2n) is 4.11. The molecule has 6 nitrogen and oxygen atoms in total. The van der Waals surface area contributed by atoms with Gasteiger partial charge in [-0.3, -0.25) is 0 Å². The van der Waals surface area contributed by atoms with Gasteiger partial charge in [-0.15, -0.1) is 0 Å². The molecular weight excluding hydrogens is 276 g/mol. The molecule has 2 aromatic rings. The topological polar surface area (TPSA) is 107 Å². The highest BCUT2D eigenvalue weighted by Crippen LogP contribution is 2.17. The van der Waals surface area contributed by atoms with Crippen molar-refractivity contribution in [1.82, 2.24) is 0 Å². The lowest BCUT2D eigenvalue weighted by Gasteiger charge is -2.09. The average molecular weight is 292 g/mol. The lowest BCUT2D eigenvalue weighted by molar-refractivity contribution is -0.144. The first kappa shape index (κ1) is 16.2. The van der Waals surface area contributed by atoms with E-state index >= 15 is 0 Å². The first-order valence-corrected chi connectivity index (χ1v) is 6.05. The van der Waals surface area contributed by atoms with E-state index in [1.165, 1.54) is 49.4 Å². The molecule has 1 unspecified atom stereocenters. The van der Waals surface area contributed by atoms with E-state index in [-0.39, 0.29) is 17.2 Å². The Balaban J connectivity index is 0.000000235. The van der Waals surface area contributed by atoms with E-state index in [4.69, 9.17) is 25.2 Å². The molecule has 1 atom stereocenters. The van der Waals surface area contributed by atoms with E-state index in [9.17, 15) is 4.79 Å². The predicted molar refractivity (Wildman–Crippen MR) is 75.6 cm³/mol. The Hall–Kier alpha value is -2.89. The van der Waals surface area contributed by atoms with Crippen molar-refractivity contribution >= 4 is 5.97 Å². The summed E-state index contributed by atoms with van der Waals surface area (Å²) in [6, 6.07) is 11.7. The van der Waals surface area contributed by atoms with Crippen molar-refractivity contribution in [2.24, 2.45) is 0 Å². The number of aromatic hydroxyl groups is 3. The fraction of sp³-hybridized carbons (Fsp3) is 0.133. The van der Waals surface area contributed by atoms with E-state index in [1.54, 1.807) is 6.07 Å². The normalized spacial score (nSPS) is 10.9. The van der Waals surface area contributed by atoms with E-state index in [2.05, 4.69) is 0 Å². The Morgan fingerprint density at radius 1 is 0.952 bits per heavy atom. The Morgan fingerprint density at radius 3 is 1.86 bits per heavy atom. The van der Waals surface area contributed by atoms with Crippen LogP contribution in [-0.2, 0) is 4.79 Å². The number of phenolic OH excluding ortho intramolecular Hbond substituents is 3. The van der Waals surface area contributed by atoms with Gasteiger partial charge >= 0.3 is 5.97 Å². The van der Waals surface area contributed by atoms with Gasteiger partial charge in [0.2, 0.25) is 0 Å². The standard InChI is InChI=1S/C9H10O4.C6H6O2/c1-6(9(11)12)13-8-4-2-7(10)3-5-8;7-5-2-1-3-6(8)4-5/h2-6,10H,1H3,(H,11,12);1-4,7-8H. The third-order valence-corrected chi connectivity index (χ3v) is 2.33. The Kier molecular flexibility index (Phi) is 5.88. The number of aliphatic carboxylic acids is 1. The summed E-state index contributed by atoms with van der Waals surface area (Å²) in [5.74, 6) is -0.300. The van der Waals surface area contributed by atoms with Crippen LogP contribution in [0.2, 0.25) is 0 Å². The maximum atomic E-state index is 10.4. The lowest BCUT2D eigenvalue weighted by atomic mass is 10.3. The van der Waals surface area contributed by atoms with Gasteiger partial charge in [0.25, 0.3) is 0 Å². The van der Waals surface area contributed by atoms with Gasteiger partial charge in [-0.05, 0) is 43.3 Å². The molecule has 0 aliphatic carbocycles. The second-order valence-corrected chi connectivity index (χ2v) is 4.11. The first-order valence-electron chi connectivity index (χ1n) is 6.05. The molecule has 4 N–H and O–H groups in total. The van der Waals surface area contributed by atoms with Gasteiger partial charge in [0.1, 0.15) is 23.0 Å². The molecule has 2 rings (SSSR count). The summed E-state index contributed by atoms with van der Waals surface area (Å²) in [4.78, 5) is 10.4. The van der Waals surface area contributed by atoms with Crippen LogP contribution in [0.3, 0.4) is 0 Å². The second kappa shape index (κ2) is 7.64. The summed E-state index contributed by atoms with van der Waals surface area (Å²) in [5.41, 5.74) is 0. The van der Waals surface area contributed by atoms with Gasteiger partial charge in [-0.2, -0.15) is 0 Å². The van der Waals surface area contributed by atoms with Gasteiger partial charge in [0, 0.05) is 6.07 Å². The molecule has 0 bridgehead atoms. The number of carbonyl (C=O) groups is 1. The van der Waals surface area contributed by atoms with E-state index in [0.717, 1.165) is 0 Å². The highest BCUT2D eigenvalue weighted by molar-refractivity contribution is 5.72. The molecule has 0 heterocycles. The summed E-state index contributed by atoms with van der Waals surface area (Å²) in [7, 11) is 0. The maximum absolute atomic E-state index is 10.4. The van der Waals surface area contributed by atoms with Crippen molar-refractivity contribution < 1.29 is 30.0 Å². The largest absolute Gasteiger partial charge is 0.508 e. The van der Waals surface area contributed by atoms with Gasteiger partial charge < -0.3 is 25.2 Å². The fourth-order valence-corrected chi connectivity index (χ4v) is 1.27. The highest BCUT2D eigenvalue weighted by atomic mass is 16.5. The molecule has 0 saturated heterocycles. The molecule has 0 fully saturated rings. The number of benzene rings is 2. The zero-order chi connectivity index (χ0) is 15.8. The Morgan fingerprint density at radius 2 is 1.48 bits per heavy atom. The van der Waals surface area contributed by atoms with Crippen LogP contribution in [0.5, 0.6) is 23.0 Å². The maximum Gasteiger partial charge on any atom is 0.344 e. The van der Waals surface area contributed by atoms with Crippen LogP contribution in [-0.4, -0.2) is 32.5 Å². The number of carboxylic acid groups (broad SMARTS) is 1. The number of hydrogen-bond acceptors (Lipinski definition) is 5. The van der Waals surface area contributed by atoms with Crippen LogP contribution < -0.4 is 4.74 Å². The van der Waals surface area contributed by atoms with Gasteiger partial charge in [0.05, 0.1) is 0 Å². The average Bonchev–Trinajstić information content (AvgIpc) is 2.41. The summed E-state index contributed by atoms with van der Waals surface area (Å²) in [6.07, 6.45) is -0.885. The summed E-state index contributed by atoms with van der Waals surface area (Å²) < 4.78 is 5.02. The van der Waals surface area contributed by atoms with Gasteiger partial charge in [0.15, 0.2) is 6.10 Å². The minimum Gasteiger partial charge on any atom is -0.508 e. The van der Waals surface area contributed by atoms with Crippen LogP contribution in [0.15, 0.2) is 48.5 Å². The van der Waals surface area contributed by atoms with Crippen molar-refractivity contribution in [3.05, 3.63) is 48.5 Å². The number of carboxylic acids is 1. The van der Waals surface area contributed by atoms with Crippen LogP contribution in [0.25, 0.3) is 0 Å². The van der Waals surface area contributed by atoms with Crippen LogP contribution in [0.4, 0.5) is 0 Å². The molecule has 0 aliphatic rings. The molecule has 0 spiro atoms. The molecule has 21 heavy (non-hydrogen) atoms. The third kappa shape index (κ3) is 6.20. The molecule has 0 saturated carbocycles. The monoisotopic (exact) mass is 292 g/mol. The summed E-state index contributed by atoms with van der Waals surface area (Å²) >= 11 is 0. The Bertz CT molecular complexity index is 562. The van der Waals surface area contributed by atoms with Crippen LogP contribution in [0, 0.1) is 0 Å². The zero-order valence-electron chi connectivity index (χ0n) is 11.3. The van der Waals surface area contributed by atoms with Gasteiger partial charge in [-0.1, -0.05) is 6.07 Å². The van der Waals surface area contributed by atoms with Crippen LogP contribution >= 0.6 is 0 Å². The third-order valence-electron chi connectivity index (χ3n) is 2.33. The Labute approximate surface area is 121 Å². The quantitative estimate of drug-likeness (QED) is 0.691. The van der Waals surface area contributed by atoms with Crippen molar-refractivity contribution in [1.29, 1.82) is 0 Å². The number of rotatable bonds is 3. The molecule has 0 aliphatic heterocycles. The highest BCUT2D eigenvalue weighted by Gasteiger charge is 2.11. The molecule has 0 amide bonds. The summed E-state index contributed by atoms with van der Waals surface area (Å²) in [5, 5.41) is 34.8. The predicted octanol–water partition coefficient (Wildman–Crippen LogP) is 2.34. The number of phenols is 3. The van der Waals surface area contributed by atoms with Crippen molar-refractivity contribution in [3.63, 3.8) is 0 Å². The van der Waals surface area contributed by atoms with E-state index in [1.807, 2.05) is 0 Å². The number of hydrogen-bond donors (Lipinski definition) is 4. The van der Waals surface area contributed by atoms with E-state index < -0.39 is 12.1 Å².